The van der Waals surface area contributed by atoms with E-state index in [1.165, 1.54) is 6.92 Å². The number of carbonyl (C=O) groups excluding carboxylic acids is 2. The number of anilines is 1. The molecule has 0 bridgehead atoms. The molecule has 0 aliphatic rings. The van der Waals surface area contributed by atoms with Crippen molar-refractivity contribution in [3.05, 3.63) is 54.1 Å². The maximum atomic E-state index is 11.4. The van der Waals surface area contributed by atoms with Crippen LogP contribution in [-0.2, 0) is 4.79 Å². The van der Waals surface area contributed by atoms with Gasteiger partial charge in [0, 0.05) is 16.8 Å². The van der Waals surface area contributed by atoms with Crippen LogP contribution in [0, 0.1) is 0 Å². The fourth-order valence-corrected chi connectivity index (χ4v) is 1.83. The summed E-state index contributed by atoms with van der Waals surface area (Å²) in [5.41, 5.74) is 3.20. The third-order valence-electron chi connectivity index (χ3n) is 2.72. The molecule has 0 heterocycles. The third-order valence-corrected chi connectivity index (χ3v) is 2.72. The molecule has 0 aliphatic heterocycles. The fraction of sp³-hybridized carbons (Fsp3) is 0.0667. The van der Waals surface area contributed by atoms with Crippen LogP contribution in [0.15, 0.2) is 48.5 Å². The molecule has 0 spiro atoms. The van der Waals surface area contributed by atoms with E-state index in [-0.39, 0.29) is 5.78 Å². The summed E-state index contributed by atoms with van der Waals surface area (Å²) < 4.78 is 0. The molecule has 0 saturated heterocycles. The predicted molar refractivity (Wildman–Crippen MR) is 71.6 cm³/mol. The topological polar surface area (TPSA) is 46.2 Å². The van der Waals surface area contributed by atoms with E-state index in [0.29, 0.717) is 12.0 Å². The van der Waals surface area contributed by atoms with Gasteiger partial charge in [0.2, 0.25) is 6.41 Å². The Kier molecular flexibility index (Phi) is 3.53. The zero-order valence-corrected chi connectivity index (χ0v) is 10.0. The number of para-hydroxylation sites is 1. The molecule has 0 atom stereocenters. The van der Waals surface area contributed by atoms with Gasteiger partial charge in [-0.05, 0) is 24.6 Å². The Morgan fingerprint density at radius 1 is 1.11 bits per heavy atom. The van der Waals surface area contributed by atoms with E-state index in [1.54, 1.807) is 6.07 Å². The first-order valence-corrected chi connectivity index (χ1v) is 5.63. The van der Waals surface area contributed by atoms with Gasteiger partial charge in [-0.25, -0.2) is 0 Å². The number of carbonyl (C=O) groups is 2. The molecule has 1 amide bonds. The molecule has 90 valence electrons. The Labute approximate surface area is 105 Å². The maximum absolute atomic E-state index is 11.4. The average molecular weight is 239 g/mol. The van der Waals surface area contributed by atoms with Crippen molar-refractivity contribution in [1.82, 2.24) is 0 Å². The molecule has 3 nitrogen and oxygen atoms in total. The van der Waals surface area contributed by atoms with Crippen molar-refractivity contribution in [2.75, 3.05) is 5.32 Å². The SMILES string of the molecule is CC(=O)c1cccc(-c2ccccc2NC=O)c1. The molecule has 0 aliphatic carbocycles. The van der Waals surface area contributed by atoms with Gasteiger partial charge in [0.1, 0.15) is 0 Å². The lowest BCUT2D eigenvalue weighted by molar-refractivity contribution is -0.105. The summed E-state index contributed by atoms with van der Waals surface area (Å²) >= 11 is 0. The minimum absolute atomic E-state index is 0.0256. The molecule has 2 aromatic carbocycles. The summed E-state index contributed by atoms with van der Waals surface area (Å²) in [5.74, 6) is 0.0256. The summed E-state index contributed by atoms with van der Waals surface area (Å²) in [6.45, 7) is 1.54. The minimum Gasteiger partial charge on any atom is -0.328 e. The van der Waals surface area contributed by atoms with Gasteiger partial charge in [-0.1, -0.05) is 36.4 Å². The van der Waals surface area contributed by atoms with Crippen molar-refractivity contribution < 1.29 is 9.59 Å². The van der Waals surface area contributed by atoms with Gasteiger partial charge < -0.3 is 5.32 Å². The largest absolute Gasteiger partial charge is 0.328 e. The first-order chi connectivity index (χ1) is 8.72. The third kappa shape index (κ3) is 2.46. The second-order valence-electron chi connectivity index (χ2n) is 3.94. The van der Waals surface area contributed by atoms with E-state index in [1.807, 2.05) is 42.5 Å². The van der Waals surface area contributed by atoms with Gasteiger partial charge in [0.05, 0.1) is 0 Å². The van der Waals surface area contributed by atoms with Crippen LogP contribution < -0.4 is 5.32 Å². The van der Waals surface area contributed by atoms with Crippen LogP contribution in [0.1, 0.15) is 17.3 Å². The van der Waals surface area contributed by atoms with Crippen LogP contribution in [0.4, 0.5) is 5.69 Å². The van der Waals surface area contributed by atoms with Crippen molar-refractivity contribution in [2.24, 2.45) is 0 Å². The molecule has 18 heavy (non-hydrogen) atoms. The summed E-state index contributed by atoms with van der Waals surface area (Å²) in [5, 5.41) is 2.66. The van der Waals surface area contributed by atoms with Gasteiger partial charge in [-0.2, -0.15) is 0 Å². The Morgan fingerprint density at radius 3 is 2.61 bits per heavy atom. The highest BCUT2D eigenvalue weighted by atomic mass is 16.1. The lowest BCUT2D eigenvalue weighted by Crippen LogP contribution is -1.97. The molecule has 1 N–H and O–H groups in total. The molecule has 0 radical (unpaired) electrons. The van der Waals surface area contributed by atoms with Gasteiger partial charge >= 0.3 is 0 Å². The molecule has 0 fully saturated rings. The lowest BCUT2D eigenvalue weighted by atomic mass is 10.0. The summed E-state index contributed by atoms with van der Waals surface area (Å²) in [7, 11) is 0. The Bertz CT molecular complexity index is 591. The number of hydrogen-bond acceptors (Lipinski definition) is 2. The molecule has 2 rings (SSSR count). The molecular formula is C15H13NO2. The smallest absolute Gasteiger partial charge is 0.211 e. The Balaban J connectivity index is 2.51. The predicted octanol–water partition coefficient (Wildman–Crippen LogP) is 3.12. The molecule has 2 aromatic rings. The van der Waals surface area contributed by atoms with Gasteiger partial charge in [-0.3, -0.25) is 9.59 Å². The highest BCUT2D eigenvalue weighted by Crippen LogP contribution is 2.28. The van der Waals surface area contributed by atoms with Crippen molar-refractivity contribution in [3.63, 3.8) is 0 Å². The number of nitrogens with one attached hydrogen (secondary N) is 1. The number of Topliss-reactive ketones (excluding diaryl/α,β-unsaturated/α-hetero) is 1. The van der Waals surface area contributed by atoms with E-state index in [2.05, 4.69) is 5.32 Å². The van der Waals surface area contributed by atoms with Crippen molar-refractivity contribution in [3.8, 4) is 11.1 Å². The number of amides is 1. The second-order valence-corrected chi connectivity index (χ2v) is 3.94. The summed E-state index contributed by atoms with van der Waals surface area (Å²) in [4.78, 5) is 21.9. The van der Waals surface area contributed by atoms with Gasteiger partial charge in [-0.15, -0.1) is 0 Å². The minimum atomic E-state index is 0.0256. The fourth-order valence-electron chi connectivity index (χ4n) is 1.83. The first kappa shape index (κ1) is 12.0. The highest BCUT2D eigenvalue weighted by molar-refractivity contribution is 5.96. The maximum Gasteiger partial charge on any atom is 0.211 e. The van der Waals surface area contributed by atoms with Crippen LogP contribution in [0.3, 0.4) is 0 Å². The normalized spacial score (nSPS) is 9.83. The van der Waals surface area contributed by atoms with Crippen LogP contribution in [0.5, 0.6) is 0 Å². The molecule has 3 heteroatoms. The second kappa shape index (κ2) is 5.27. The van der Waals surface area contributed by atoms with E-state index in [4.69, 9.17) is 0 Å². The van der Waals surface area contributed by atoms with E-state index in [0.717, 1.165) is 16.8 Å². The molecule has 0 unspecified atom stereocenters. The number of ketones is 1. The summed E-state index contributed by atoms with van der Waals surface area (Å²) in [6, 6.07) is 14.8. The number of rotatable bonds is 4. The summed E-state index contributed by atoms with van der Waals surface area (Å²) in [6.07, 6.45) is 0.646. The standard InChI is InChI=1S/C15H13NO2/c1-11(18)12-5-4-6-13(9-12)14-7-2-3-8-15(14)16-10-17/h2-10H,1H3,(H,16,17). The van der Waals surface area contributed by atoms with E-state index < -0.39 is 0 Å². The van der Waals surface area contributed by atoms with Crippen molar-refractivity contribution >= 4 is 17.9 Å². The van der Waals surface area contributed by atoms with Gasteiger partial charge in [0.25, 0.3) is 0 Å². The van der Waals surface area contributed by atoms with Crippen LogP contribution in [0.2, 0.25) is 0 Å². The van der Waals surface area contributed by atoms with Gasteiger partial charge in [0.15, 0.2) is 5.78 Å². The van der Waals surface area contributed by atoms with Crippen LogP contribution in [-0.4, -0.2) is 12.2 Å². The van der Waals surface area contributed by atoms with E-state index in [9.17, 15) is 9.59 Å². The number of hydrogen-bond donors (Lipinski definition) is 1. The molecular weight excluding hydrogens is 226 g/mol. The van der Waals surface area contributed by atoms with Crippen LogP contribution in [0.25, 0.3) is 11.1 Å². The zero-order chi connectivity index (χ0) is 13.0. The first-order valence-electron chi connectivity index (χ1n) is 5.63. The zero-order valence-electron chi connectivity index (χ0n) is 10.0. The monoisotopic (exact) mass is 239 g/mol. The average Bonchev–Trinajstić information content (AvgIpc) is 2.40. The van der Waals surface area contributed by atoms with Crippen molar-refractivity contribution in [1.29, 1.82) is 0 Å². The molecule has 0 saturated carbocycles. The highest BCUT2D eigenvalue weighted by Gasteiger charge is 2.06. The lowest BCUT2D eigenvalue weighted by Gasteiger charge is -2.09. The van der Waals surface area contributed by atoms with E-state index >= 15 is 0 Å². The Hall–Kier alpha value is -2.42. The van der Waals surface area contributed by atoms with Crippen LogP contribution >= 0.6 is 0 Å². The quantitative estimate of drug-likeness (QED) is 0.658. The number of benzene rings is 2. The van der Waals surface area contributed by atoms with Crippen molar-refractivity contribution in [2.45, 2.75) is 6.92 Å². The Morgan fingerprint density at radius 2 is 1.89 bits per heavy atom. The molecule has 0 aromatic heterocycles.